The highest BCUT2D eigenvalue weighted by atomic mass is 19.1. The normalized spacial score (nSPS) is 18.3. The summed E-state index contributed by atoms with van der Waals surface area (Å²) in [6.45, 7) is 3.11. The minimum Gasteiger partial charge on any atom is -0.342 e. The smallest absolute Gasteiger partial charge is 0.219 e. The summed E-state index contributed by atoms with van der Waals surface area (Å²) in [5.74, 6) is 0.0511. The molecule has 114 valence electrons. The van der Waals surface area contributed by atoms with Crippen molar-refractivity contribution in [2.24, 2.45) is 0 Å². The van der Waals surface area contributed by atoms with Gasteiger partial charge in [0.25, 0.3) is 0 Å². The average Bonchev–Trinajstić information content (AvgIpc) is 2.56. The molecule has 0 bridgehead atoms. The monoisotopic (exact) mass is 299 g/mol. The van der Waals surface area contributed by atoms with Crippen molar-refractivity contribution in [3.8, 4) is 11.3 Å². The van der Waals surface area contributed by atoms with Gasteiger partial charge in [0.15, 0.2) is 0 Å². The van der Waals surface area contributed by atoms with E-state index in [1.807, 2.05) is 4.90 Å². The van der Waals surface area contributed by atoms with Gasteiger partial charge >= 0.3 is 0 Å². The van der Waals surface area contributed by atoms with Crippen LogP contribution in [-0.4, -0.2) is 33.9 Å². The lowest BCUT2D eigenvalue weighted by Gasteiger charge is -2.31. The molecule has 1 saturated heterocycles. The molecule has 0 spiro atoms. The molecule has 0 radical (unpaired) electrons. The number of nitrogens with zero attached hydrogens (tertiary/aromatic N) is 3. The Kier molecular flexibility index (Phi) is 4.13. The second kappa shape index (κ2) is 6.22. The largest absolute Gasteiger partial charge is 0.342 e. The van der Waals surface area contributed by atoms with Crippen LogP contribution in [0.5, 0.6) is 0 Å². The number of likely N-dealkylation sites (tertiary alicyclic amines) is 1. The van der Waals surface area contributed by atoms with Gasteiger partial charge in [0.2, 0.25) is 5.91 Å². The van der Waals surface area contributed by atoms with Crippen LogP contribution >= 0.6 is 0 Å². The molecule has 5 heteroatoms. The molecule has 2 aromatic rings. The quantitative estimate of drug-likeness (QED) is 0.856. The van der Waals surface area contributed by atoms with Gasteiger partial charge in [-0.1, -0.05) is 0 Å². The predicted octanol–water partition coefficient (Wildman–Crippen LogP) is 3.01. The number of halogens is 1. The molecule has 0 N–H and O–H groups in total. The summed E-state index contributed by atoms with van der Waals surface area (Å²) < 4.78 is 13.0. The van der Waals surface area contributed by atoms with E-state index in [0.717, 1.165) is 36.3 Å². The van der Waals surface area contributed by atoms with Gasteiger partial charge in [0.1, 0.15) is 5.82 Å². The van der Waals surface area contributed by atoms with Gasteiger partial charge in [-0.15, -0.1) is 0 Å². The van der Waals surface area contributed by atoms with Crippen LogP contribution in [0, 0.1) is 5.82 Å². The summed E-state index contributed by atoms with van der Waals surface area (Å²) >= 11 is 0. The zero-order valence-electron chi connectivity index (χ0n) is 12.5. The highest BCUT2D eigenvalue weighted by Crippen LogP contribution is 2.27. The number of carbonyl (C=O) groups excluding carboxylic acids is 1. The topological polar surface area (TPSA) is 46.1 Å². The molecule has 1 aromatic heterocycles. The van der Waals surface area contributed by atoms with E-state index in [4.69, 9.17) is 0 Å². The van der Waals surface area contributed by atoms with Crippen LogP contribution in [0.4, 0.5) is 4.39 Å². The van der Waals surface area contributed by atoms with Gasteiger partial charge in [-0.05, 0) is 37.1 Å². The number of benzene rings is 1. The van der Waals surface area contributed by atoms with Crippen LogP contribution in [0.2, 0.25) is 0 Å². The molecule has 1 amide bonds. The first-order valence-electron chi connectivity index (χ1n) is 7.47. The van der Waals surface area contributed by atoms with Gasteiger partial charge < -0.3 is 4.90 Å². The Morgan fingerprint density at radius 3 is 2.77 bits per heavy atom. The zero-order valence-corrected chi connectivity index (χ0v) is 12.5. The number of amides is 1. The van der Waals surface area contributed by atoms with Crippen molar-refractivity contribution in [1.29, 1.82) is 0 Å². The SMILES string of the molecule is CC(=O)N1CCCC(c2cncc(-c3ccc(F)cc3)n2)C1. The van der Waals surface area contributed by atoms with Crippen molar-refractivity contribution in [3.05, 3.63) is 48.2 Å². The van der Waals surface area contributed by atoms with Crippen LogP contribution in [0.15, 0.2) is 36.7 Å². The summed E-state index contributed by atoms with van der Waals surface area (Å²) in [5, 5.41) is 0. The van der Waals surface area contributed by atoms with Crippen LogP contribution < -0.4 is 0 Å². The van der Waals surface area contributed by atoms with Crippen molar-refractivity contribution in [2.45, 2.75) is 25.7 Å². The first-order chi connectivity index (χ1) is 10.6. The fourth-order valence-corrected chi connectivity index (χ4v) is 2.84. The molecule has 0 saturated carbocycles. The third-order valence-corrected chi connectivity index (χ3v) is 4.08. The molecule has 3 rings (SSSR count). The second-order valence-electron chi connectivity index (χ2n) is 5.64. The number of aromatic nitrogens is 2. The maximum atomic E-state index is 13.0. The van der Waals surface area contributed by atoms with Crippen molar-refractivity contribution >= 4 is 5.91 Å². The van der Waals surface area contributed by atoms with E-state index in [1.54, 1.807) is 31.5 Å². The van der Waals surface area contributed by atoms with E-state index in [-0.39, 0.29) is 17.6 Å². The highest BCUT2D eigenvalue weighted by molar-refractivity contribution is 5.73. The van der Waals surface area contributed by atoms with Crippen molar-refractivity contribution in [3.63, 3.8) is 0 Å². The van der Waals surface area contributed by atoms with Crippen LogP contribution in [0.1, 0.15) is 31.4 Å². The third-order valence-electron chi connectivity index (χ3n) is 4.08. The standard InChI is InChI=1S/C17H18FN3O/c1-12(22)21-8-2-3-14(11-21)17-10-19-9-16(20-17)13-4-6-15(18)7-5-13/h4-7,9-10,14H,2-3,8,11H2,1H3. The van der Waals surface area contributed by atoms with E-state index >= 15 is 0 Å². The van der Waals surface area contributed by atoms with Gasteiger partial charge in [-0.25, -0.2) is 9.37 Å². The number of hydrogen-bond acceptors (Lipinski definition) is 3. The molecule has 1 aromatic carbocycles. The lowest BCUT2D eigenvalue weighted by molar-refractivity contribution is -0.130. The second-order valence-corrected chi connectivity index (χ2v) is 5.64. The molecule has 2 heterocycles. The molecule has 0 aliphatic carbocycles. The van der Waals surface area contributed by atoms with Crippen molar-refractivity contribution < 1.29 is 9.18 Å². The lowest BCUT2D eigenvalue weighted by Crippen LogP contribution is -2.37. The van der Waals surface area contributed by atoms with Crippen LogP contribution in [-0.2, 0) is 4.79 Å². The molecule has 1 aliphatic rings. The Morgan fingerprint density at radius 1 is 1.27 bits per heavy atom. The number of piperidine rings is 1. The minimum atomic E-state index is -0.266. The fraction of sp³-hybridized carbons (Fsp3) is 0.353. The molecule has 1 aliphatic heterocycles. The fourth-order valence-electron chi connectivity index (χ4n) is 2.84. The predicted molar refractivity (Wildman–Crippen MR) is 81.7 cm³/mol. The summed E-state index contributed by atoms with van der Waals surface area (Å²) in [7, 11) is 0. The highest BCUT2D eigenvalue weighted by Gasteiger charge is 2.24. The molecule has 1 atom stereocenters. The third kappa shape index (κ3) is 3.13. The maximum absolute atomic E-state index is 13.0. The van der Waals surface area contributed by atoms with Gasteiger partial charge in [-0.2, -0.15) is 0 Å². The zero-order chi connectivity index (χ0) is 15.5. The molecule has 22 heavy (non-hydrogen) atoms. The van der Waals surface area contributed by atoms with E-state index in [9.17, 15) is 9.18 Å². The first kappa shape index (κ1) is 14.6. The number of carbonyl (C=O) groups is 1. The Bertz CT molecular complexity index is 672. The van der Waals surface area contributed by atoms with Gasteiger partial charge in [-0.3, -0.25) is 9.78 Å². The van der Waals surface area contributed by atoms with Crippen molar-refractivity contribution in [2.75, 3.05) is 13.1 Å². The van der Waals surface area contributed by atoms with Gasteiger partial charge in [0.05, 0.1) is 17.6 Å². The van der Waals surface area contributed by atoms with E-state index in [2.05, 4.69) is 9.97 Å². The van der Waals surface area contributed by atoms with E-state index < -0.39 is 0 Å². The number of rotatable bonds is 2. The molecular weight excluding hydrogens is 281 g/mol. The summed E-state index contributed by atoms with van der Waals surface area (Å²) in [4.78, 5) is 22.3. The molecular formula is C17H18FN3O. The van der Waals surface area contributed by atoms with Gasteiger partial charge in [0, 0.05) is 37.7 Å². The van der Waals surface area contributed by atoms with E-state index in [0.29, 0.717) is 6.54 Å². The van der Waals surface area contributed by atoms with Crippen LogP contribution in [0.25, 0.3) is 11.3 Å². The average molecular weight is 299 g/mol. The summed E-state index contributed by atoms with van der Waals surface area (Å²) in [6.07, 6.45) is 5.43. The Balaban J connectivity index is 1.84. The summed E-state index contributed by atoms with van der Waals surface area (Å²) in [6, 6.07) is 6.24. The Hall–Kier alpha value is -2.30. The first-order valence-corrected chi connectivity index (χ1v) is 7.47. The molecule has 4 nitrogen and oxygen atoms in total. The Labute approximate surface area is 129 Å². The number of hydrogen-bond donors (Lipinski definition) is 0. The molecule has 1 fully saturated rings. The maximum Gasteiger partial charge on any atom is 0.219 e. The Morgan fingerprint density at radius 2 is 2.05 bits per heavy atom. The molecule has 1 unspecified atom stereocenters. The van der Waals surface area contributed by atoms with Crippen LogP contribution in [0.3, 0.4) is 0 Å². The summed E-state index contributed by atoms with van der Waals surface area (Å²) in [5.41, 5.74) is 2.47. The van der Waals surface area contributed by atoms with E-state index in [1.165, 1.54) is 12.1 Å². The minimum absolute atomic E-state index is 0.104. The lowest BCUT2D eigenvalue weighted by atomic mass is 9.95. The van der Waals surface area contributed by atoms with Crippen molar-refractivity contribution in [1.82, 2.24) is 14.9 Å².